The van der Waals surface area contributed by atoms with Gasteiger partial charge in [0.05, 0.1) is 17.7 Å². The summed E-state index contributed by atoms with van der Waals surface area (Å²) < 4.78 is 34.0. The van der Waals surface area contributed by atoms with Crippen LogP contribution in [0.15, 0.2) is 83.8 Å². The van der Waals surface area contributed by atoms with Gasteiger partial charge in [0.1, 0.15) is 18.3 Å². The van der Waals surface area contributed by atoms with Crippen LogP contribution in [0.4, 0.5) is 5.69 Å². The van der Waals surface area contributed by atoms with Crippen molar-refractivity contribution in [2.75, 3.05) is 18.0 Å². The van der Waals surface area contributed by atoms with E-state index in [1.54, 1.807) is 43.3 Å². The van der Waals surface area contributed by atoms with Crippen LogP contribution in [0.5, 0.6) is 5.75 Å². The lowest BCUT2D eigenvalue weighted by Gasteiger charge is -2.33. The molecule has 1 N–H and O–H groups in total. The molecule has 3 aromatic carbocycles. The van der Waals surface area contributed by atoms with E-state index in [1.807, 2.05) is 58.0 Å². The zero-order valence-corrected chi connectivity index (χ0v) is 24.2. The Morgan fingerprint density at radius 2 is 1.51 bits per heavy atom. The van der Waals surface area contributed by atoms with Crippen molar-refractivity contribution >= 4 is 27.5 Å². The second-order valence-electron chi connectivity index (χ2n) is 10.4. The van der Waals surface area contributed by atoms with E-state index < -0.39 is 34.1 Å². The van der Waals surface area contributed by atoms with Gasteiger partial charge in [-0.05, 0) is 76.6 Å². The number of ether oxygens (including phenoxy) is 1. The average Bonchev–Trinajstić information content (AvgIpc) is 2.89. The molecule has 0 aliphatic carbocycles. The Morgan fingerprint density at radius 3 is 2.05 bits per heavy atom. The van der Waals surface area contributed by atoms with Gasteiger partial charge < -0.3 is 15.0 Å². The normalized spacial score (nSPS) is 12.4. The molecule has 0 radical (unpaired) electrons. The van der Waals surface area contributed by atoms with Crippen molar-refractivity contribution in [1.29, 1.82) is 0 Å². The topological polar surface area (TPSA) is 96.0 Å². The summed E-state index contributed by atoms with van der Waals surface area (Å²) >= 11 is 0. The van der Waals surface area contributed by atoms with Crippen molar-refractivity contribution in [2.24, 2.45) is 0 Å². The molecule has 0 heterocycles. The highest BCUT2D eigenvalue weighted by atomic mass is 32.2. The number of carbonyl (C=O) groups excluding carboxylic acids is 2. The Kier molecular flexibility index (Phi) is 9.40. The van der Waals surface area contributed by atoms with Crippen LogP contribution in [0.1, 0.15) is 38.8 Å². The lowest BCUT2D eigenvalue weighted by molar-refractivity contribution is -0.140. The first kappa shape index (κ1) is 29.7. The van der Waals surface area contributed by atoms with Crippen LogP contribution in [0.3, 0.4) is 0 Å². The minimum atomic E-state index is -4.12. The number of hydrogen-bond donors (Lipinski definition) is 1. The van der Waals surface area contributed by atoms with Gasteiger partial charge in [0.15, 0.2) is 0 Å². The SMILES string of the molecule is COc1ccc(N(CC(=O)N(Cc2ccccc2)[C@H](C)C(=O)NC(C)(C)C)S(=O)(=O)c2ccc(C)cc2)cc1. The number of carbonyl (C=O) groups is 2. The van der Waals surface area contributed by atoms with Crippen LogP contribution in [-0.4, -0.2) is 50.4 Å². The van der Waals surface area contributed by atoms with E-state index in [2.05, 4.69) is 5.32 Å². The zero-order chi connectivity index (χ0) is 28.8. The molecule has 0 aliphatic rings. The van der Waals surface area contributed by atoms with Crippen LogP contribution in [0.2, 0.25) is 0 Å². The van der Waals surface area contributed by atoms with Gasteiger partial charge in [-0.2, -0.15) is 0 Å². The van der Waals surface area contributed by atoms with Crippen LogP contribution < -0.4 is 14.4 Å². The molecule has 0 bridgehead atoms. The van der Waals surface area contributed by atoms with Gasteiger partial charge >= 0.3 is 0 Å². The predicted molar refractivity (Wildman–Crippen MR) is 153 cm³/mol. The highest BCUT2D eigenvalue weighted by Crippen LogP contribution is 2.27. The largest absolute Gasteiger partial charge is 0.497 e. The number of hydrogen-bond acceptors (Lipinski definition) is 5. The first-order valence-corrected chi connectivity index (χ1v) is 14.1. The molecule has 2 amide bonds. The summed E-state index contributed by atoms with van der Waals surface area (Å²) in [5.41, 5.74) is 1.53. The van der Waals surface area contributed by atoms with Gasteiger partial charge in [-0.3, -0.25) is 13.9 Å². The van der Waals surface area contributed by atoms with Crippen LogP contribution in [0.25, 0.3) is 0 Å². The number of aryl methyl sites for hydroxylation is 1. The van der Waals surface area contributed by atoms with Gasteiger partial charge in [0, 0.05) is 12.1 Å². The van der Waals surface area contributed by atoms with Crippen LogP contribution in [0, 0.1) is 6.92 Å². The molecule has 0 aromatic heterocycles. The van der Waals surface area contributed by atoms with Gasteiger partial charge in [-0.1, -0.05) is 48.0 Å². The summed E-state index contributed by atoms with van der Waals surface area (Å²) in [7, 11) is -2.60. The summed E-state index contributed by atoms with van der Waals surface area (Å²) in [6.07, 6.45) is 0. The molecule has 0 saturated carbocycles. The molecule has 1 atom stereocenters. The average molecular weight is 552 g/mol. The predicted octanol–water partition coefficient (Wildman–Crippen LogP) is 4.53. The number of sulfonamides is 1. The number of anilines is 1. The Bertz CT molecular complexity index is 1370. The zero-order valence-electron chi connectivity index (χ0n) is 23.3. The van der Waals surface area contributed by atoms with Gasteiger partial charge in [0.25, 0.3) is 10.0 Å². The molecule has 8 nitrogen and oxygen atoms in total. The third-order valence-electron chi connectivity index (χ3n) is 6.11. The molecule has 9 heteroatoms. The van der Waals surface area contributed by atoms with Crippen LogP contribution in [-0.2, 0) is 26.2 Å². The monoisotopic (exact) mass is 551 g/mol. The number of nitrogens with one attached hydrogen (secondary N) is 1. The minimum Gasteiger partial charge on any atom is -0.497 e. The van der Waals surface area contributed by atoms with E-state index in [0.717, 1.165) is 15.4 Å². The third-order valence-corrected chi connectivity index (χ3v) is 7.90. The fourth-order valence-corrected chi connectivity index (χ4v) is 5.37. The number of nitrogens with zero attached hydrogens (tertiary/aromatic N) is 2. The Labute approximate surface area is 231 Å². The van der Waals surface area contributed by atoms with E-state index >= 15 is 0 Å². The summed E-state index contributed by atoms with van der Waals surface area (Å²) in [6, 6.07) is 21.4. The summed E-state index contributed by atoms with van der Waals surface area (Å²) in [5, 5.41) is 2.92. The maximum atomic E-state index is 13.9. The molecular formula is C30H37N3O5S. The van der Waals surface area contributed by atoms with Gasteiger partial charge in [-0.25, -0.2) is 8.42 Å². The second-order valence-corrected chi connectivity index (χ2v) is 12.3. The number of methoxy groups -OCH3 is 1. The fourth-order valence-electron chi connectivity index (χ4n) is 3.95. The third kappa shape index (κ3) is 7.83. The molecule has 0 unspecified atom stereocenters. The molecule has 0 saturated heterocycles. The van der Waals surface area contributed by atoms with Crippen molar-refractivity contribution in [3.05, 3.63) is 90.0 Å². The first-order valence-electron chi connectivity index (χ1n) is 12.7. The van der Waals surface area contributed by atoms with E-state index in [-0.39, 0.29) is 17.3 Å². The highest BCUT2D eigenvalue weighted by molar-refractivity contribution is 7.92. The molecule has 208 valence electrons. The Hall–Kier alpha value is -3.85. The van der Waals surface area contributed by atoms with E-state index in [4.69, 9.17) is 4.74 Å². The minimum absolute atomic E-state index is 0.0600. The van der Waals surface area contributed by atoms with E-state index in [1.165, 1.54) is 24.1 Å². The molecule has 3 aromatic rings. The molecule has 0 aliphatic heterocycles. The maximum Gasteiger partial charge on any atom is 0.264 e. The lowest BCUT2D eigenvalue weighted by atomic mass is 10.1. The second kappa shape index (κ2) is 12.3. The Balaban J connectivity index is 2.03. The summed E-state index contributed by atoms with van der Waals surface area (Å²) in [5.74, 6) is -0.290. The number of rotatable bonds is 10. The standard InChI is InChI=1S/C30H37N3O5S/c1-22-12-18-27(19-13-22)39(36,37)33(25-14-16-26(38-6)17-15-25)21-28(34)32(20-24-10-8-7-9-11-24)23(2)29(35)31-30(3,4)5/h7-19,23H,20-21H2,1-6H3,(H,31,35)/t23-/m1/s1. The quantitative estimate of drug-likeness (QED) is 0.399. The van der Waals surface area contributed by atoms with Crippen molar-refractivity contribution in [2.45, 2.75) is 57.6 Å². The van der Waals surface area contributed by atoms with Gasteiger partial charge in [-0.15, -0.1) is 0 Å². The number of benzene rings is 3. The smallest absolute Gasteiger partial charge is 0.264 e. The first-order chi connectivity index (χ1) is 18.3. The molecule has 0 spiro atoms. The van der Waals surface area contributed by atoms with Crippen molar-refractivity contribution in [3.63, 3.8) is 0 Å². The molecule has 3 rings (SSSR count). The molecule has 0 fully saturated rings. The van der Waals surface area contributed by atoms with Crippen molar-refractivity contribution in [3.8, 4) is 5.75 Å². The Morgan fingerprint density at radius 1 is 0.923 bits per heavy atom. The summed E-state index contributed by atoms with van der Waals surface area (Å²) in [6.45, 7) is 8.74. The van der Waals surface area contributed by atoms with E-state index in [0.29, 0.717) is 11.4 Å². The maximum absolute atomic E-state index is 13.9. The van der Waals surface area contributed by atoms with Crippen LogP contribution >= 0.6 is 0 Å². The van der Waals surface area contributed by atoms with Gasteiger partial charge in [0.2, 0.25) is 11.8 Å². The van der Waals surface area contributed by atoms with Crippen molar-refractivity contribution in [1.82, 2.24) is 10.2 Å². The lowest BCUT2D eigenvalue weighted by Crippen LogP contribution is -2.54. The van der Waals surface area contributed by atoms with E-state index in [9.17, 15) is 18.0 Å². The highest BCUT2D eigenvalue weighted by Gasteiger charge is 2.33. The number of amides is 2. The molecular weight excluding hydrogens is 514 g/mol. The van der Waals surface area contributed by atoms with Crippen molar-refractivity contribution < 1.29 is 22.7 Å². The molecule has 39 heavy (non-hydrogen) atoms. The fraction of sp³-hybridized carbons (Fsp3) is 0.333. The summed E-state index contributed by atoms with van der Waals surface area (Å²) in [4.78, 5) is 28.5.